The number of anilines is 1. The molecule has 0 bridgehead atoms. The smallest absolute Gasteiger partial charge is 0.336 e. The van der Waals surface area contributed by atoms with E-state index >= 15 is 0 Å². The molecule has 0 atom stereocenters. The van der Waals surface area contributed by atoms with Gasteiger partial charge in [0, 0.05) is 18.3 Å². The summed E-state index contributed by atoms with van der Waals surface area (Å²) in [5, 5.41) is 12.1. The monoisotopic (exact) mass is 290 g/mol. The van der Waals surface area contributed by atoms with Crippen LogP contribution in [0.5, 0.6) is 0 Å². The van der Waals surface area contributed by atoms with Crippen molar-refractivity contribution < 1.29 is 14.7 Å². The molecule has 2 N–H and O–H groups in total. The van der Waals surface area contributed by atoms with E-state index in [0.29, 0.717) is 11.7 Å². The van der Waals surface area contributed by atoms with Crippen molar-refractivity contribution in [2.24, 2.45) is 0 Å². The highest BCUT2D eigenvalue weighted by Gasteiger charge is 2.32. The topological polar surface area (TPSA) is 69.6 Å². The summed E-state index contributed by atoms with van der Waals surface area (Å²) in [7, 11) is 0. The van der Waals surface area contributed by atoms with E-state index in [-0.39, 0.29) is 11.6 Å². The number of nitrogens with zero attached hydrogens (tertiary/aromatic N) is 1. The van der Waals surface area contributed by atoms with Crippen molar-refractivity contribution in [3.8, 4) is 0 Å². The van der Waals surface area contributed by atoms with Crippen molar-refractivity contribution in [2.75, 3.05) is 11.9 Å². The number of nitrogens with one attached hydrogen (secondary N) is 1. The first-order valence-electron chi connectivity index (χ1n) is 7.36. The number of hydrogen-bond acceptors (Lipinski definition) is 2. The van der Waals surface area contributed by atoms with Crippen LogP contribution in [0, 0.1) is 13.8 Å². The van der Waals surface area contributed by atoms with Gasteiger partial charge < -0.3 is 15.3 Å². The Morgan fingerprint density at radius 1 is 1.33 bits per heavy atom. The van der Waals surface area contributed by atoms with Gasteiger partial charge in [-0.3, -0.25) is 0 Å². The van der Waals surface area contributed by atoms with E-state index in [2.05, 4.69) is 5.32 Å². The minimum Gasteiger partial charge on any atom is -0.478 e. The Kier molecular flexibility index (Phi) is 4.50. The Morgan fingerprint density at radius 2 is 2.00 bits per heavy atom. The third-order valence-electron chi connectivity index (χ3n) is 3.86. The molecule has 5 nitrogen and oxygen atoms in total. The first-order chi connectivity index (χ1) is 9.93. The average Bonchev–Trinajstić information content (AvgIpc) is 3.23. The fraction of sp³-hybridized carbons (Fsp3) is 0.500. The highest BCUT2D eigenvalue weighted by molar-refractivity contribution is 5.94. The van der Waals surface area contributed by atoms with Crippen molar-refractivity contribution >= 4 is 17.7 Å². The summed E-state index contributed by atoms with van der Waals surface area (Å²) in [5.41, 5.74) is 2.37. The summed E-state index contributed by atoms with van der Waals surface area (Å²) >= 11 is 0. The molecule has 0 aromatic heterocycles. The molecule has 0 spiro atoms. The molecular formula is C16H22N2O3. The highest BCUT2D eigenvalue weighted by atomic mass is 16.4. The zero-order chi connectivity index (χ0) is 15.6. The van der Waals surface area contributed by atoms with E-state index in [0.717, 1.165) is 36.9 Å². The van der Waals surface area contributed by atoms with Gasteiger partial charge in [-0.05, 0) is 56.4 Å². The first kappa shape index (κ1) is 15.4. The molecule has 1 aliphatic rings. The molecule has 2 rings (SSSR count). The van der Waals surface area contributed by atoms with Crippen LogP contribution >= 0.6 is 0 Å². The van der Waals surface area contributed by atoms with Crippen LogP contribution in [0.1, 0.15) is 47.7 Å². The Balaban J connectivity index is 2.18. The summed E-state index contributed by atoms with van der Waals surface area (Å²) in [6, 6.07) is 3.55. The van der Waals surface area contributed by atoms with Gasteiger partial charge in [-0.25, -0.2) is 9.59 Å². The molecule has 1 aliphatic carbocycles. The van der Waals surface area contributed by atoms with E-state index in [1.165, 1.54) is 6.07 Å². The van der Waals surface area contributed by atoms with E-state index in [1.807, 2.05) is 24.8 Å². The zero-order valence-electron chi connectivity index (χ0n) is 12.8. The first-order valence-corrected chi connectivity index (χ1v) is 7.36. The molecule has 5 heteroatoms. The van der Waals surface area contributed by atoms with E-state index in [9.17, 15) is 14.7 Å². The maximum atomic E-state index is 12.3. The molecule has 2 amide bonds. The van der Waals surface area contributed by atoms with Crippen molar-refractivity contribution in [3.05, 3.63) is 28.8 Å². The van der Waals surface area contributed by atoms with E-state index in [1.54, 1.807) is 6.92 Å². The number of amides is 2. The van der Waals surface area contributed by atoms with Gasteiger partial charge in [-0.2, -0.15) is 0 Å². The second kappa shape index (κ2) is 6.16. The number of benzene rings is 1. The van der Waals surface area contributed by atoms with Gasteiger partial charge in [0.15, 0.2) is 0 Å². The van der Waals surface area contributed by atoms with Crippen LogP contribution in [0.4, 0.5) is 10.5 Å². The quantitative estimate of drug-likeness (QED) is 0.873. The van der Waals surface area contributed by atoms with Gasteiger partial charge >= 0.3 is 12.0 Å². The lowest BCUT2D eigenvalue weighted by atomic mass is 10.0. The molecule has 0 saturated heterocycles. The Morgan fingerprint density at radius 3 is 2.52 bits per heavy atom. The number of carboxylic acids is 1. The number of carbonyl (C=O) groups excluding carboxylic acids is 1. The van der Waals surface area contributed by atoms with Crippen LogP contribution in [0.15, 0.2) is 12.1 Å². The van der Waals surface area contributed by atoms with Gasteiger partial charge in [-0.15, -0.1) is 0 Å². The van der Waals surface area contributed by atoms with E-state index in [4.69, 9.17) is 0 Å². The summed E-state index contributed by atoms with van der Waals surface area (Å²) in [6.07, 6.45) is 3.03. The van der Waals surface area contributed by atoms with Gasteiger partial charge in [-0.1, -0.05) is 6.92 Å². The Hall–Kier alpha value is -2.04. The lowest BCUT2D eigenvalue weighted by molar-refractivity contribution is 0.0696. The number of carboxylic acid groups (broad SMARTS) is 1. The van der Waals surface area contributed by atoms with Gasteiger partial charge in [0.25, 0.3) is 0 Å². The number of hydrogen-bond donors (Lipinski definition) is 2. The molecule has 1 fully saturated rings. The highest BCUT2D eigenvalue weighted by Crippen LogP contribution is 2.28. The fourth-order valence-corrected chi connectivity index (χ4v) is 2.43. The molecule has 0 heterocycles. The van der Waals surface area contributed by atoms with Crippen molar-refractivity contribution in [1.29, 1.82) is 0 Å². The number of carbonyl (C=O) groups is 2. The predicted molar refractivity (Wildman–Crippen MR) is 81.9 cm³/mol. The molecular weight excluding hydrogens is 268 g/mol. The standard InChI is InChI=1S/C16H22N2O3/c1-4-7-18(13-5-6-13)16(21)17-12-8-10(2)11(3)14(9-12)15(19)20/h8-9,13H,4-7H2,1-3H3,(H,17,21)(H,19,20). The molecule has 0 unspecified atom stereocenters. The van der Waals surface area contributed by atoms with Gasteiger partial charge in [0.1, 0.15) is 0 Å². The number of urea groups is 1. The SMILES string of the molecule is CCCN(C(=O)Nc1cc(C)c(C)c(C(=O)O)c1)C1CC1. The van der Waals surface area contributed by atoms with Crippen molar-refractivity contribution in [3.63, 3.8) is 0 Å². The second-order valence-corrected chi connectivity index (χ2v) is 5.63. The molecule has 0 radical (unpaired) electrons. The molecule has 1 aromatic rings. The van der Waals surface area contributed by atoms with Crippen LogP contribution in [-0.4, -0.2) is 34.6 Å². The van der Waals surface area contributed by atoms with Crippen LogP contribution in [-0.2, 0) is 0 Å². The summed E-state index contributed by atoms with van der Waals surface area (Å²) in [5.74, 6) is -0.973. The zero-order valence-corrected chi connectivity index (χ0v) is 12.8. The van der Waals surface area contributed by atoms with E-state index < -0.39 is 5.97 Å². The maximum absolute atomic E-state index is 12.3. The van der Waals surface area contributed by atoms with Crippen LogP contribution in [0.2, 0.25) is 0 Å². The summed E-state index contributed by atoms with van der Waals surface area (Å²) < 4.78 is 0. The van der Waals surface area contributed by atoms with Gasteiger partial charge in [0.05, 0.1) is 5.56 Å². The summed E-state index contributed by atoms with van der Waals surface area (Å²) in [6.45, 7) is 6.40. The second-order valence-electron chi connectivity index (χ2n) is 5.63. The largest absolute Gasteiger partial charge is 0.478 e. The Labute approximate surface area is 125 Å². The van der Waals surface area contributed by atoms with Gasteiger partial charge in [0.2, 0.25) is 0 Å². The van der Waals surface area contributed by atoms with Crippen LogP contribution in [0.3, 0.4) is 0 Å². The molecule has 1 saturated carbocycles. The molecule has 21 heavy (non-hydrogen) atoms. The number of aromatic carboxylic acids is 1. The molecule has 0 aliphatic heterocycles. The van der Waals surface area contributed by atoms with Crippen molar-refractivity contribution in [2.45, 2.75) is 46.1 Å². The third kappa shape index (κ3) is 3.54. The fourth-order valence-electron chi connectivity index (χ4n) is 2.43. The third-order valence-corrected chi connectivity index (χ3v) is 3.86. The average molecular weight is 290 g/mol. The minimum atomic E-state index is -0.973. The number of aryl methyl sites for hydroxylation is 1. The maximum Gasteiger partial charge on any atom is 0.336 e. The molecule has 1 aromatic carbocycles. The van der Waals surface area contributed by atoms with Crippen LogP contribution < -0.4 is 5.32 Å². The van der Waals surface area contributed by atoms with Crippen molar-refractivity contribution in [1.82, 2.24) is 4.90 Å². The lowest BCUT2D eigenvalue weighted by Gasteiger charge is -2.22. The summed E-state index contributed by atoms with van der Waals surface area (Å²) in [4.78, 5) is 25.4. The number of rotatable bonds is 5. The predicted octanol–water partition coefficient (Wildman–Crippen LogP) is 3.41. The lowest BCUT2D eigenvalue weighted by Crippen LogP contribution is -2.37. The van der Waals surface area contributed by atoms with Crippen LogP contribution in [0.25, 0.3) is 0 Å². The Bertz CT molecular complexity index is 565. The molecule has 114 valence electrons. The normalized spacial score (nSPS) is 13.9. The minimum absolute atomic E-state index is 0.140.